The SMILES string of the molecule is CC(=O)N[C@H]1[C@@H](O[C@H]2[C@@H](O)[C@@H](CO)O[C@@H](OC[C@H](O)[C@H](O)[C@H](O)CO)[C@@H]2NC(C)=O)O[C@H](CO)[C@H](O[C@H]2O[C@H](CO)[C@H](O)[C@H](O)[C@H]2O)[C@@H]1O. The summed E-state index contributed by atoms with van der Waals surface area (Å²) in [6.07, 6.45) is -27.4. The van der Waals surface area contributed by atoms with Crippen molar-refractivity contribution in [3.05, 3.63) is 0 Å². The zero-order chi connectivity index (χ0) is 36.7. The number of carbonyl (C=O) groups excluding carboxylic acids is 2. The summed E-state index contributed by atoms with van der Waals surface area (Å²) in [6, 6.07) is -3.08. The molecule has 0 spiro atoms. The molecule has 2 amide bonds. The van der Waals surface area contributed by atoms with Crippen LogP contribution in [-0.2, 0) is 38.0 Å². The van der Waals surface area contributed by atoms with E-state index < -0.39 is 155 Å². The minimum absolute atomic E-state index is 0.717. The first kappa shape index (κ1) is 41.6. The van der Waals surface area contributed by atoms with Crippen LogP contribution < -0.4 is 10.6 Å². The van der Waals surface area contributed by atoms with Gasteiger partial charge in [0.05, 0.1) is 33.0 Å². The molecule has 0 aromatic heterocycles. The van der Waals surface area contributed by atoms with Crippen LogP contribution in [0.25, 0.3) is 0 Å². The van der Waals surface area contributed by atoms with E-state index in [2.05, 4.69) is 10.6 Å². The number of hydrogen-bond acceptors (Lipinski definition) is 20. The Morgan fingerprint density at radius 2 is 1.12 bits per heavy atom. The molecule has 22 nitrogen and oxygen atoms in total. The Balaban J connectivity index is 1.90. The van der Waals surface area contributed by atoms with E-state index in [-0.39, 0.29) is 0 Å². The second kappa shape index (κ2) is 18.6. The minimum atomic E-state index is -1.91. The lowest BCUT2D eigenvalue weighted by atomic mass is 9.94. The zero-order valence-electron chi connectivity index (χ0n) is 26.6. The largest absolute Gasteiger partial charge is 0.394 e. The summed E-state index contributed by atoms with van der Waals surface area (Å²) in [5.41, 5.74) is 0. The number of aliphatic hydroxyl groups excluding tert-OH is 12. The molecule has 3 saturated heterocycles. The molecular weight excluding hydrogens is 672 g/mol. The van der Waals surface area contributed by atoms with E-state index in [0.717, 1.165) is 13.8 Å². The predicted molar refractivity (Wildman–Crippen MR) is 153 cm³/mol. The van der Waals surface area contributed by atoms with Crippen LogP contribution >= 0.6 is 0 Å². The molecular formula is C27H48N2O20. The summed E-state index contributed by atoms with van der Waals surface area (Å²) in [5, 5.41) is 127. The Hall–Kier alpha value is -1.78. The Morgan fingerprint density at radius 3 is 1.67 bits per heavy atom. The van der Waals surface area contributed by atoms with Crippen LogP contribution in [-0.4, -0.2) is 216 Å². The number of nitrogens with one attached hydrogen (secondary N) is 2. The highest BCUT2D eigenvalue weighted by atomic mass is 16.7. The first-order chi connectivity index (χ1) is 23.1. The zero-order valence-corrected chi connectivity index (χ0v) is 26.6. The molecule has 3 aliphatic heterocycles. The number of hydrogen-bond donors (Lipinski definition) is 14. The van der Waals surface area contributed by atoms with Crippen LogP contribution in [0.4, 0.5) is 0 Å². The monoisotopic (exact) mass is 720 g/mol. The van der Waals surface area contributed by atoms with Crippen molar-refractivity contribution in [2.45, 2.75) is 124 Å². The van der Waals surface area contributed by atoms with Crippen molar-refractivity contribution >= 4 is 11.8 Å². The fraction of sp³-hybridized carbons (Fsp3) is 0.926. The first-order valence-electron chi connectivity index (χ1n) is 15.4. The summed E-state index contributed by atoms with van der Waals surface area (Å²) >= 11 is 0. The van der Waals surface area contributed by atoms with Gasteiger partial charge in [0.15, 0.2) is 18.9 Å². The fourth-order valence-corrected chi connectivity index (χ4v) is 5.65. The maximum atomic E-state index is 12.2. The van der Waals surface area contributed by atoms with Gasteiger partial charge in [0.1, 0.15) is 91.4 Å². The van der Waals surface area contributed by atoms with E-state index in [9.17, 15) is 65.8 Å². The van der Waals surface area contributed by atoms with Crippen molar-refractivity contribution in [2.75, 3.05) is 33.0 Å². The Labute approximate surface area is 279 Å². The van der Waals surface area contributed by atoms with Gasteiger partial charge >= 0.3 is 0 Å². The smallest absolute Gasteiger partial charge is 0.217 e. The third-order valence-corrected chi connectivity index (χ3v) is 8.28. The molecule has 22 heteroatoms. The van der Waals surface area contributed by atoms with E-state index in [1.54, 1.807) is 0 Å². The highest BCUT2D eigenvalue weighted by Gasteiger charge is 2.54. The van der Waals surface area contributed by atoms with Gasteiger partial charge in [-0.25, -0.2) is 0 Å². The van der Waals surface area contributed by atoms with E-state index in [4.69, 9.17) is 33.5 Å². The third-order valence-electron chi connectivity index (χ3n) is 8.28. The number of amides is 2. The summed E-state index contributed by atoms with van der Waals surface area (Å²) in [7, 11) is 0. The van der Waals surface area contributed by atoms with Gasteiger partial charge in [-0.15, -0.1) is 0 Å². The Bertz CT molecular complexity index is 1040. The molecule has 0 aliphatic carbocycles. The molecule has 3 heterocycles. The van der Waals surface area contributed by atoms with Gasteiger partial charge in [-0.2, -0.15) is 0 Å². The van der Waals surface area contributed by atoms with Crippen LogP contribution in [0.2, 0.25) is 0 Å². The summed E-state index contributed by atoms with van der Waals surface area (Å²) < 4.78 is 33.9. The standard InChI is InChI=1S/C27H48N2O20/c1-8(34)28-15-20(41)23(48-27-22(43)21(42)18(39)12(4-31)46-27)14(6-33)47-26(15)49-24-16(29-9(2)35)25(45-13(5-32)19(24)40)44-7-11(37)17(38)10(36)3-30/h10-27,30-33,36-43H,3-7H2,1-2H3,(H,28,34)(H,29,35)/t10-,11+,12-,13-,14-,15-,16-,17-,18+,19+,20-,21+,22-,23+,24-,25-,26-,27-/m1/s1. The molecule has 3 fully saturated rings. The van der Waals surface area contributed by atoms with Crippen molar-refractivity contribution in [3.8, 4) is 0 Å². The van der Waals surface area contributed by atoms with Gasteiger partial charge in [-0.1, -0.05) is 0 Å². The van der Waals surface area contributed by atoms with Crippen molar-refractivity contribution in [1.29, 1.82) is 0 Å². The lowest BCUT2D eigenvalue weighted by molar-refractivity contribution is -0.360. The topological polar surface area (TPSA) is 356 Å². The summed E-state index contributed by atoms with van der Waals surface area (Å²) in [4.78, 5) is 24.4. The first-order valence-corrected chi connectivity index (χ1v) is 15.4. The van der Waals surface area contributed by atoms with Gasteiger partial charge in [0.25, 0.3) is 0 Å². The van der Waals surface area contributed by atoms with Gasteiger partial charge < -0.3 is 100 Å². The van der Waals surface area contributed by atoms with Crippen LogP contribution in [0, 0.1) is 0 Å². The van der Waals surface area contributed by atoms with Crippen LogP contribution in [0.15, 0.2) is 0 Å². The Morgan fingerprint density at radius 1 is 0.612 bits per heavy atom. The van der Waals surface area contributed by atoms with Crippen LogP contribution in [0.5, 0.6) is 0 Å². The van der Waals surface area contributed by atoms with Gasteiger partial charge in [-0.05, 0) is 0 Å². The van der Waals surface area contributed by atoms with Crippen molar-refractivity contribution in [2.24, 2.45) is 0 Å². The quantitative estimate of drug-likeness (QED) is 0.0746. The number of carbonyl (C=O) groups is 2. The molecule has 0 radical (unpaired) electrons. The predicted octanol–water partition coefficient (Wildman–Crippen LogP) is -9.19. The number of aliphatic hydroxyl groups is 12. The van der Waals surface area contributed by atoms with Crippen molar-refractivity contribution in [1.82, 2.24) is 10.6 Å². The molecule has 0 aromatic carbocycles. The fourth-order valence-electron chi connectivity index (χ4n) is 5.65. The van der Waals surface area contributed by atoms with Gasteiger partial charge in [0.2, 0.25) is 11.8 Å². The maximum Gasteiger partial charge on any atom is 0.217 e. The van der Waals surface area contributed by atoms with E-state index >= 15 is 0 Å². The number of rotatable bonds is 15. The van der Waals surface area contributed by atoms with Gasteiger partial charge in [0, 0.05) is 13.8 Å². The third kappa shape index (κ3) is 9.97. The second-order valence-electron chi connectivity index (χ2n) is 11.9. The van der Waals surface area contributed by atoms with E-state index in [1.165, 1.54) is 0 Å². The Kier molecular flexibility index (Phi) is 15.8. The molecule has 0 unspecified atom stereocenters. The summed E-state index contributed by atoms with van der Waals surface area (Å²) in [6.45, 7) is -2.06. The highest BCUT2D eigenvalue weighted by molar-refractivity contribution is 5.73. The van der Waals surface area contributed by atoms with E-state index in [0.29, 0.717) is 0 Å². The lowest BCUT2D eigenvalue weighted by Crippen LogP contribution is -2.70. The molecule has 286 valence electrons. The van der Waals surface area contributed by atoms with E-state index in [1.807, 2.05) is 0 Å². The molecule has 0 bridgehead atoms. The summed E-state index contributed by atoms with van der Waals surface area (Å²) in [5.74, 6) is -1.46. The molecule has 14 N–H and O–H groups in total. The molecule has 18 atom stereocenters. The molecule has 3 aliphatic rings. The highest BCUT2D eigenvalue weighted by Crippen LogP contribution is 2.33. The molecule has 3 rings (SSSR count). The number of ether oxygens (including phenoxy) is 6. The van der Waals surface area contributed by atoms with Crippen LogP contribution in [0.1, 0.15) is 13.8 Å². The van der Waals surface area contributed by atoms with Gasteiger partial charge in [-0.3, -0.25) is 9.59 Å². The van der Waals surface area contributed by atoms with Crippen molar-refractivity contribution < 1.29 is 99.3 Å². The molecule has 0 saturated carbocycles. The molecule has 0 aromatic rings. The normalized spacial score (nSPS) is 41.8. The van der Waals surface area contributed by atoms with Crippen molar-refractivity contribution in [3.63, 3.8) is 0 Å². The average Bonchev–Trinajstić information content (AvgIpc) is 3.07. The van der Waals surface area contributed by atoms with Crippen LogP contribution in [0.3, 0.4) is 0 Å². The molecule has 49 heavy (non-hydrogen) atoms. The second-order valence-corrected chi connectivity index (χ2v) is 11.9. The minimum Gasteiger partial charge on any atom is -0.394 e. The average molecular weight is 721 g/mol. The lowest BCUT2D eigenvalue weighted by Gasteiger charge is -2.50. The maximum absolute atomic E-state index is 12.2.